The number of carbonyl (C=O) groups excluding carboxylic acids is 1. The van der Waals surface area contributed by atoms with E-state index in [0.717, 1.165) is 12.8 Å². The minimum atomic E-state index is -0.643. The summed E-state index contributed by atoms with van der Waals surface area (Å²) in [5.41, 5.74) is 4.12. The summed E-state index contributed by atoms with van der Waals surface area (Å²) in [5, 5.41) is 10.4. The zero-order valence-electron chi connectivity index (χ0n) is 13.7. The predicted molar refractivity (Wildman–Crippen MR) is 91.9 cm³/mol. The Balaban J connectivity index is 1.93. The Bertz CT molecular complexity index is 742. The van der Waals surface area contributed by atoms with E-state index in [1.165, 1.54) is 29.4 Å². The third-order valence-electron chi connectivity index (χ3n) is 5.57. The van der Waals surface area contributed by atoms with Gasteiger partial charge in [-0.15, -0.1) is 0 Å². The molecule has 4 rings (SSSR count). The first kappa shape index (κ1) is 15.2. The summed E-state index contributed by atoms with van der Waals surface area (Å²) in [6.45, 7) is 0.545. The summed E-state index contributed by atoms with van der Waals surface area (Å²) in [7, 11) is 1.40. The van der Waals surface area contributed by atoms with E-state index in [0.29, 0.717) is 6.54 Å². The van der Waals surface area contributed by atoms with Gasteiger partial charge in [-0.3, -0.25) is 4.90 Å². The second-order valence-corrected chi connectivity index (χ2v) is 6.59. The van der Waals surface area contributed by atoms with Crippen molar-refractivity contribution in [2.45, 2.75) is 24.3 Å². The van der Waals surface area contributed by atoms with Crippen LogP contribution in [-0.2, 0) is 4.74 Å². The minimum absolute atomic E-state index is 0.0310. The molecular formula is C20H21NO3. The number of aliphatic hydroxyl groups excluding tert-OH is 1. The zero-order chi connectivity index (χ0) is 16.7. The average Bonchev–Trinajstić information content (AvgIpc) is 3.20. The quantitative estimate of drug-likeness (QED) is 0.921. The lowest BCUT2D eigenvalue weighted by Crippen LogP contribution is -2.54. The van der Waals surface area contributed by atoms with E-state index in [-0.39, 0.29) is 18.6 Å². The fourth-order valence-corrected chi connectivity index (χ4v) is 4.57. The number of carbonyl (C=O) groups is 1. The van der Waals surface area contributed by atoms with Gasteiger partial charge in [-0.05, 0) is 35.1 Å². The Hall–Kier alpha value is -2.33. The molecule has 2 aromatic rings. The SMILES string of the molecule is COC(=O)N1CCC[C@]1(CO)C1c2ccccc2-c2ccccc21. The van der Waals surface area contributed by atoms with Gasteiger partial charge in [0, 0.05) is 12.5 Å². The Labute approximate surface area is 141 Å². The molecule has 1 aliphatic heterocycles. The molecule has 0 unspecified atom stereocenters. The van der Waals surface area contributed by atoms with Gasteiger partial charge in [0.15, 0.2) is 0 Å². The second-order valence-electron chi connectivity index (χ2n) is 6.59. The Morgan fingerprint density at radius 3 is 2.29 bits per heavy atom. The average molecular weight is 323 g/mol. The lowest BCUT2D eigenvalue weighted by molar-refractivity contribution is 0.0416. The van der Waals surface area contributed by atoms with Crippen LogP contribution in [0.2, 0.25) is 0 Å². The molecule has 0 spiro atoms. The van der Waals surface area contributed by atoms with Crippen LogP contribution in [0.25, 0.3) is 11.1 Å². The van der Waals surface area contributed by atoms with Crippen molar-refractivity contribution < 1.29 is 14.6 Å². The van der Waals surface area contributed by atoms with Crippen LogP contribution in [0.15, 0.2) is 48.5 Å². The van der Waals surface area contributed by atoms with E-state index in [9.17, 15) is 9.90 Å². The first-order valence-corrected chi connectivity index (χ1v) is 8.37. The molecule has 0 radical (unpaired) electrons. The molecule has 1 saturated heterocycles. The number of methoxy groups -OCH3 is 1. The van der Waals surface area contributed by atoms with E-state index in [1.807, 2.05) is 24.3 Å². The Morgan fingerprint density at radius 2 is 1.75 bits per heavy atom. The fourth-order valence-electron chi connectivity index (χ4n) is 4.57. The molecule has 1 atom stereocenters. The molecule has 1 amide bonds. The van der Waals surface area contributed by atoms with Crippen LogP contribution in [0.1, 0.15) is 29.9 Å². The smallest absolute Gasteiger partial charge is 0.410 e. The van der Waals surface area contributed by atoms with E-state index in [1.54, 1.807) is 4.90 Å². The molecule has 1 fully saturated rings. The Morgan fingerprint density at radius 1 is 1.17 bits per heavy atom. The Kier molecular flexibility index (Phi) is 3.57. The van der Waals surface area contributed by atoms with Crippen molar-refractivity contribution in [3.05, 3.63) is 59.7 Å². The highest BCUT2D eigenvalue weighted by Gasteiger charge is 2.53. The van der Waals surface area contributed by atoms with Gasteiger partial charge in [-0.1, -0.05) is 48.5 Å². The summed E-state index contributed by atoms with van der Waals surface area (Å²) < 4.78 is 5.00. The van der Waals surface area contributed by atoms with E-state index in [2.05, 4.69) is 24.3 Å². The van der Waals surface area contributed by atoms with Gasteiger partial charge >= 0.3 is 6.09 Å². The third kappa shape index (κ3) is 1.93. The van der Waals surface area contributed by atoms with Gasteiger partial charge in [-0.25, -0.2) is 4.79 Å². The van der Waals surface area contributed by atoms with Gasteiger partial charge in [0.2, 0.25) is 0 Å². The van der Waals surface area contributed by atoms with Gasteiger partial charge < -0.3 is 9.84 Å². The first-order chi connectivity index (χ1) is 11.7. The van der Waals surface area contributed by atoms with Gasteiger partial charge in [0.05, 0.1) is 19.3 Å². The number of rotatable bonds is 2. The molecule has 4 heteroatoms. The molecule has 4 nitrogen and oxygen atoms in total. The number of ether oxygens (including phenoxy) is 1. The molecular weight excluding hydrogens is 302 g/mol. The first-order valence-electron chi connectivity index (χ1n) is 8.37. The largest absolute Gasteiger partial charge is 0.453 e. The van der Waals surface area contributed by atoms with Crippen LogP contribution in [0.5, 0.6) is 0 Å². The van der Waals surface area contributed by atoms with E-state index in [4.69, 9.17) is 4.74 Å². The molecule has 0 bridgehead atoms. The van der Waals surface area contributed by atoms with Crippen molar-refractivity contribution in [3.63, 3.8) is 0 Å². The lowest BCUT2D eigenvalue weighted by Gasteiger charge is -2.41. The predicted octanol–water partition coefficient (Wildman–Crippen LogP) is 3.39. The summed E-state index contributed by atoms with van der Waals surface area (Å²) >= 11 is 0. The van der Waals surface area contributed by atoms with Crippen molar-refractivity contribution in [2.75, 3.05) is 20.3 Å². The fraction of sp³-hybridized carbons (Fsp3) is 0.350. The standard InChI is InChI=1S/C20H21NO3/c1-24-19(23)21-12-6-11-20(21,13-22)18-16-9-4-2-7-14(16)15-8-3-5-10-17(15)18/h2-5,7-10,18,22H,6,11-13H2,1H3/t20-/m0/s1. The maximum atomic E-state index is 12.4. The number of hydrogen-bond acceptors (Lipinski definition) is 3. The third-order valence-corrected chi connectivity index (χ3v) is 5.57. The van der Waals surface area contributed by atoms with Crippen molar-refractivity contribution in [1.29, 1.82) is 0 Å². The maximum absolute atomic E-state index is 12.4. The summed E-state index contributed by atoms with van der Waals surface area (Å²) in [5.74, 6) is -0.0310. The van der Waals surface area contributed by atoms with Gasteiger partial charge in [-0.2, -0.15) is 0 Å². The number of benzene rings is 2. The number of aliphatic hydroxyl groups is 1. The van der Waals surface area contributed by atoms with Crippen LogP contribution in [0.3, 0.4) is 0 Å². The molecule has 1 N–H and O–H groups in total. The number of likely N-dealkylation sites (tertiary alicyclic amines) is 1. The summed E-state index contributed by atoms with van der Waals surface area (Å²) in [4.78, 5) is 14.1. The summed E-state index contributed by atoms with van der Waals surface area (Å²) in [6, 6.07) is 16.6. The number of fused-ring (bicyclic) bond motifs is 3. The highest BCUT2D eigenvalue weighted by molar-refractivity contribution is 5.80. The van der Waals surface area contributed by atoms with Gasteiger partial charge in [0.1, 0.15) is 0 Å². The van der Waals surface area contributed by atoms with Crippen molar-refractivity contribution in [2.24, 2.45) is 0 Å². The highest BCUT2D eigenvalue weighted by atomic mass is 16.5. The van der Waals surface area contributed by atoms with Crippen molar-refractivity contribution in [3.8, 4) is 11.1 Å². The van der Waals surface area contributed by atoms with E-state index < -0.39 is 5.54 Å². The van der Waals surface area contributed by atoms with Crippen LogP contribution < -0.4 is 0 Å². The molecule has 124 valence electrons. The van der Waals surface area contributed by atoms with Crippen molar-refractivity contribution >= 4 is 6.09 Å². The molecule has 2 aromatic carbocycles. The number of nitrogens with zero attached hydrogens (tertiary/aromatic N) is 1. The number of amides is 1. The normalized spacial score (nSPS) is 22.3. The maximum Gasteiger partial charge on any atom is 0.410 e. The monoisotopic (exact) mass is 323 g/mol. The molecule has 2 aliphatic rings. The van der Waals surface area contributed by atoms with E-state index >= 15 is 0 Å². The molecule has 24 heavy (non-hydrogen) atoms. The molecule has 1 heterocycles. The molecule has 0 saturated carbocycles. The van der Waals surface area contributed by atoms with Crippen LogP contribution in [0.4, 0.5) is 4.79 Å². The van der Waals surface area contributed by atoms with Crippen molar-refractivity contribution in [1.82, 2.24) is 4.90 Å². The highest BCUT2D eigenvalue weighted by Crippen LogP contribution is 2.54. The van der Waals surface area contributed by atoms with Crippen LogP contribution in [-0.4, -0.2) is 41.9 Å². The molecule has 1 aliphatic carbocycles. The lowest BCUT2D eigenvalue weighted by atomic mass is 9.76. The molecule has 0 aromatic heterocycles. The van der Waals surface area contributed by atoms with Crippen LogP contribution in [0, 0.1) is 0 Å². The minimum Gasteiger partial charge on any atom is -0.453 e. The van der Waals surface area contributed by atoms with Gasteiger partial charge in [0.25, 0.3) is 0 Å². The topological polar surface area (TPSA) is 49.8 Å². The number of hydrogen-bond donors (Lipinski definition) is 1. The zero-order valence-corrected chi connectivity index (χ0v) is 13.7. The second kappa shape index (κ2) is 5.64. The van der Waals surface area contributed by atoms with Crippen LogP contribution >= 0.6 is 0 Å². The summed E-state index contributed by atoms with van der Waals surface area (Å²) in [6.07, 6.45) is 1.28.